The molecule has 0 aliphatic heterocycles. The van der Waals surface area contributed by atoms with E-state index in [0.29, 0.717) is 8.95 Å². The number of aliphatic hydroxyl groups excluding tert-OH is 2. The molecule has 0 spiro atoms. The monoisotopic (exact) mass is 387 g/mol. The van der Waals surface area contributed by atoms with Crippen molar-refractivity contribution < 1.29 is 18.6 Å². The molecule has 1 rings (SSSR count). The van der Waals surface area contributed by atoms with E-state index in [0.717, 1.165) is 0 Å². The van der Waals surface area contributed by atoms with Crippen molar-refractivity contribution in [3.63, 3.8) is 0 Å². The summed E-state index contributed by atoms with van der Waals surface area (Å²) in [6.45, 7) is -0.736. The largest absolute Gasteiger partial charge is 0.394 e. The van der Waals surface area contributed by atoms with E-state index in [1.807, 2.05) is 0 Å². The standard InChI is InChI=1S/C9H11Br2NO4S/c10-6-1-2-8(11)9(3-6)17(15,16)12-4-7(14)5-13/h1-3,7,12-14H,4-5H2. The van der Waals surface area contributed by atoms with Gasteiger partial charge >= 0.3 is 0 Å². The number of hydrogen-bond acceptors (Lipinski definition) is 4. The average Bonchev–Trinajstić information content (AvgIpc) is 2.29. The molecule has 8 heteroatoms. The topological polar surface area (TPSA) is 86.6 Å². The van der Waals surface area contributed by atoms with Crippen LogP contribution in [0.1, 0.15) is 0 Å². The Kier molecular flexibility index (Phi) is 5.55. The fourth-order valence-corrected chi connectivity index (χ4v) is 3.60. The van der Waals surface area contributed by atoms with E-state index < -0.39 is 22.7 Å². The van der Waals surface area contributed by atoms with Crippen LogP contribution in [0.3, 0.4) is 0 Å². The van der Waals surface area contributed by atoms with E-state index in [9.17, 15) is 8.42 Å². The Hall–Kier alpha value is 0.01000. The number of rotatable bonds is 5. The molecule has 1 unspecified atom stereocenters. The molecular weight excluding hydrogens is 378 g/mol. The van der Waals surface area contributed by atoms with Crippen LogP contribution in [-0.4, -0.2) is 37.9 Å². The molecule has 0 saturated heterocycles. The molecule has 1 aromatic rings. The Bertz CT molecular complexity index is 492. The Morgan fingerprint density at radius 1 is 1.35 bits per heavy atom. The summed E-state index contributed by atoms with van der Waals surface area (Å²) in [5.74, 6) is 0. The second-order valence-corrected chi connectivity index (χ2v) is 6.77. The smallest absolute Gasteiger partial charge is 0.241 e. The molecule has 5 nitrogen and oxygen atoms in total. The van der Waals surface area contributed by atoms with Crippen LogP contribution in [0, 0.1) is 0 Å². The summed E-state index contributed by atoms with van der Waals surface area (Å²) < 4.78 is 27.0. The molecule has 96 valence electrons. The van der Waals surface area contributed by atoms with Crippen LogP contribution in [0.25, 0.3) is 0 Å². The SMILES string of the molecule is O=S(=O)(NCC(O)CO)c1cc(Br)ccc1Br. The first-order valence-electron chi connectivity index (χ1n) is 4.60. The number of halogens is 2. The normalized spacial score (nSPS) is 13.6. The van der Waals surface area contributed by atoms with Gasteiger partial charge in [-0.15, -0.1) is 0 Å². The lowest BCUT2D eigenvalue weighted by Gasteiger charge is -2.11. The minimum Gasteiger partial charge on any atom is -0.394 e. The fourth-order valence-electron chi connectivity index (χ4n) is 1.03. The fraction of sp³-hybridized carbons (Fsp3) is 0.333. The molecule has 0 bridgehead atoms. The molecule has 1 atom stereocenters. The third-order valence-electron chi connectivity index (χ3n) is 1.90. The molecule has 0 saturated carbocycles. The van der Waals surface area contributed by atoms with E-state index in [2.05, 4.69) is 36.6 Å². The lowest BCUT2D eigenvalue weighted by Crippen LogP contribution is -2.34. The number of aliphatic hydroxyl groups is 2. The van der Waals surface area contributed by atoms with Crippen LogP contribution in [-0.2, 0) is 10.0 Å². The number of hydrogen-bond donors (Lipinski definition) is 3. The zero-order valence-corrected chi connectivity index (χ0v) is 12.6. The quantitative estimate of drug-likeness (QED) is 0.697. The van der Waals surface area contributed by atoms with Crippen molar-refractivity contribution in [1.82, 2.24) is 4.72 Å². The van der Waals surface area contributed by atoms with Crippen LogP contribution in [0.5, 0.6) is 0 Å². The van der Waals surface area contributed by atoms with Gasteiger partial charge in [-0.3, -0.25) is 0 Å². The van der Waals surface area contributed by atoms with Gasteiger partial charge in [-0.25, -0.2) is 13.1 Å². The van der Waals surface area contributed by atoms with Gasteiger partial charge in [0, 0.05) is 15.5 Å². The van der Waals surface area contributed by atoms with Gasteiger partial charge in [0.1, 0.15) is 0 Å². The maximum atomic E-state index is 11.9. The zero-order valence-electron chi connectivity index (χ0n) is 8.60. The minimum atomic E-state index is -3.72. The molecule has 0 aliphatic rings. The van der Waals surface area contributed by atoms with Crippen molar-refractivity contribution in [3.8, 4) is 0 Å². The number of sulfonamides is 1. The van der Waals surface area contributed by atoms with Gasteiger partial charge in [-0.2, -0.15) is 0 Å². The second-order valence-electron chi connectivity index (χ2n) is 3.26. The van der Waals surface area contributed by atoms with Crippen molar-refractivity contribution in [2.75, 3.05) is 13.2 Å². The molecule has 0 aromatic heterocycles. The summed E-state index contributed by atoms with van der Waals surface area (Å²) in [6.07, 6.45) is -1.12. The van der Waals surface area contributed by atoms with E-state index >= 15 is 0 Å². The predicted molar refractivity (Wildman–Crippen MR) is 70.1 cm³/mol. The maximum Gasteiger partial charge on any atom is 0.241 e. The average molecular weight is 389 g/mol. The third kappa shape index (κ3) is 4.31. The number of benzene rings is 1. The summed E-state index contributed by atoms with van der Waals surface area (Å²) in [4.78, 5) is 0.0667. The molecule has 0 radical (unpaired) electrons. The first kappa shape index (κ1) is 15.1. The molecule has 0 fully saturated rings. The van der Waals surface area contributed by atoms with Crippen LogP contribution >= 0.6 is 31.9 Å². The first-order valence-corrected chi connectivity index (χ1v) is 7.67. The summed E-state index contributed by atoms with van der Waals surface area (Å²) in [6, 6.07) is 4.74. The predicted octanol–water partition coefficient (Wildman–Crippen LogP) is 0.843. The Balaban J connectivity index is 2.93. The minimum absolute atomic E-state index is 0.0667. The molecule has 0 heterocycles. The van der Waals surface area contributed by atoms with Crippen LogP contribution in [0.4, 0.5) is 0 Å². The summed E-state index contributed by atoms with van der Waals surface area (Å²) >= 11 is 6.32. The Morgan fingerprint density at radius 2 is 2.00 bits per heavy atom. The van der Waals surface area contributed by atoms with Crippen molar-refractivity contribution in [3.05, 3.63) is 27.1 Å². The third-order valence-corrected chi connectivity index (χ3v) is 4.81. The number of nitrogens with one attached hydrogen (secondary N) is 1. The van der Waals surface area contributed by atoms with Gasteiger partial charge in [0.05, 0.1) is 17.6 Å². The molecule has 3 N–H and O–H groups in total. The van der Waals surface area contributed by atoms with Gasteiger partial charge in [0.2, 0.25) is 10.0 Å². The maximum absolute atomic E-state index is 11.9. The van der Waals surface area contributed by atoms with Crippen LogP contribution in [0.15, 0.2) is 32.0 Å². The lowest BCUT2D eigenvalue weighted by atomic mass is 10.4. The summed E-state index contributed by atoms with van der Waals surface area (Å²) in [5, 5.41) is 17.7. The lowest BCUT2D eigenvalue weighted by molar-refractivity contribution is 0.0988. The Labute approximate surface area is 116 Å². The Morgan fingerprint density at radius 3 is 2.59 bits per heavy atom. The summed E-state index contributed by atoms with van der Waals surface area (Å²) in [5.41, 5.74) is 0. The first-order chi connectivity index (χ1) is 7.86. The molecule has 1 aromatic carbocycles. The van der Waals surface area contributed by atoms with Crippen LogP contribution in [0.2, 0.25) is 0 Å². The summed E-state index contributed by atoms with van der Waals surface area (Å²) in [7, 11) is -3.72. The van der Waals surface area contributed by atoms with E-state index in [-0.39, 0.29) is 11.4 Å². The molecular formula is C9H11Br2NO4S. The molecule has 0 aliphatic carbocycles. The van der Waals surface area contributed by atoms with Gasteiger partial charge in [0.25, 0.3) is 0 Å². The van der Waals surface area contributed by atoms with Crippen molar-refractivity contribution in [1.29, 1.82) is 0 Å². The van der Waals surface area contributed by atoms with Gasteiger partial charge in [-0.05, 0) is 34.1 Å². The van der Waals surface area contributed by atoms with E-state index in [4.69, 9.17) is 10.2 Å². The highest BCUT2D eigenvalue weighted by Crippen LogP contribution is 2.25. The van der Waals surface area contributed by atoms with Gasteiger partial charge in [-0.1, -0.05) is 15.9 Å². The van der Waals surface area contributed by atoms with Crippen molar-refractivity contribution in [2.45, 2.75) is 11.0 Å². The highest BCUT2D eigenvalue weighted by Gasteiger charge is 2.18. The highest BCUT2D eigenvalue weighted by molar-refractivity contribution is 9.11. The van der Waals surface area contributed by atoms with Crippen molar-refractivity contribution in [2.24, 2.45) is 0 Å². The zero-order chi connectivity index (χ0) is 13.1. The van der Waals surface area contributed by atoms with Crippen LogP contribution < -0.4 is 4.72 Å². The van der Waals surface area contributed by atoms with Gasteiger partial charge < -0.3 is 10.2 Å². The highest BCUT2D eigenvalue weighted by atomic mass is 79.9. The van der Waals surface area contributed by atoms with Gasteiger partial charge in [0.15, 0.2) is 0 Å². The molecule has 17 heavy (non-hydrogen) atoms. The molecule has 0 amide bonds. The second kappa shape index (κ2) is 6.26. The van der Waals surface area contributed by atoms with E-state index in [1.54, 1.807) is 12.1 Å². The van der Waals surface area contributed by atoms with E-state index in [1.165, 1.54) is 6.07 Å². The van der Waals surface area contributed by atoms with Crippen molar-refractivity contribution >= 4 is 41.9 Å².